The summed E-state index contributed by atoms with van der Waals surface area (Å²) >= 11 is 0. The van der Waals surface area contributed by atoms with Crippen LogP contribution in [0.15, 0.2) is 36.8 Å². The van der Waals surface area contributed by atoms with Gasteiger partial charge in [-0.25, -0.2) is 9.97 Å². The van der Waals surface area contributed by atoms with E-state index in [1.165, 1.54) is 0 Å². The molecule has 1 aromatic carbocycles. The Kier molecular flexibility index (Phi) is 2.90. The number of benzene rings is 1. The first-order valence-electron chi connectivity index (χ1n) is 6.06. The first kappa shape index (κ1) is 12.3. The van der Waals surface area contributed by atoms with Crippen LogP contribution in [0, 0.1) is 0 Å². The van der Waals surface area contributed by atoms with Gasteiger partial charge < -0.3 is 19.8 Å². The summed E-state index contributed by atoms with van der Waals surface area (Å²) in [5.74, 6) is 1.54. The summed E-state index contributed by atoms with van der Waals surface area (Å²) in [6, 6.07) is 7.08. The Morgan fingerprint density at radius 1 is 1.15 bits per heavy atom. The molecule has 3 rings (SSSR count). The molecular formula is C14H14N4O2. The number of aromatic nitrogens is 3. The lowest BCUT2D eigenvalue weighted by molar-refractivity contribution is 0.376. The minimum absolute atomic E-state index is 0.436. The van der Waals surface area contributed by atoms with E-state index in [2.05, 4.69) is 9.97 Å². The number of pyridine rings is 1. The number of anilines is 1. The van der Waals surface area contributed by atoms with E-state index in [0.717, 1.165) is 5.52 Å². The fraction of sp³-hybridized carbons (Fsp3) is 0.143. The van der Waals surface area contributed by atoms with E-state index in [1.807, 2.05) is 17.7 Å². The Labute approximate surface area is 115 Å². The van der Waals surface area contributed by atoms with Crippen LogP contribution >= 0.6 is 0 Å². The van der Waals surface area contributed by atoms with Crippen molar-refractivity contribution in [2.24, 2.45) is 7.05 Å². The molecule has 0 bridgehead atoms. The minimum Gasteiger partial charge on any atom is -0.493 e. The molecule has 20 heavy (non-hydrogen) atoms. The summed E-state index contributed by atoms with van der Waals surface area (Å²) in [7, 11) is 3.49. The molecule has 6 heteroatoms. The molecule has 2 N–H and O–H groups in total. The normalized spacial score (nSPS) is 10.7. The smallest absolute Gasteiger partial charge is 0.247 e. The molecule has 2 aromatic heterocycles. The van der Waals surface area contributed by atoms with Crippen LogP contribution in [0.25, 0.3) is 11.0 Å². The number of hydrogen-bond acceptors (Lipinski definition) is 5. The second kappa shape index (κ2) is 4.73. The first-order chi connectivity index (χ1) is 9.69. The third kappa shape index (κ3) is 2.01. The SMILES string of the molecule is COc1cc(N)ccc1Oc1nccc2c1ncn2C. The molecule has 3 aromatic rings. The van der Waals surface area contributed by atoms with Crippen LogP contribution in [0.2, 0.25) is 0 Å². The summed E-state index contributed by atoms with van der Waals surface area (Å²) in [5, 5.41) is 0. The highest BCUT2D eigenvalue weighted by molar-refractivity contribution is 5.80. The molecule has 0 radical (unpaired) electrons. The molecule has 0 saturated heterocycles. The van der Waals surface area contributed by atoms with E-state index in [4.69, 9.17) is 15.2 Å². The number of hydrogen-bond donors (Lipinski definition) is 1. The van der Waals surface area contributed by atoms with Crippen molar-refractivity contribution in [3.63, 3.8) is 0 Å². The topological polar surface area (TPSA) is 75.2 Å². The number of imidazole rings is 1. The quantitative estimate of drug-likeness (QED) is 0.739. The van der Waals surface area contributed by atoms with E-state index >= 15 is 0 Å². The third-order valence-corrected chi connectivity index (χ3v) is 3.00. The zero-order valence-electron chi connectivity index (χ0n) is 11.2. The fourth-order valence-corrected chi connectivity index (χ4v) is 1.99. The number of nitrogens with zero attached hydrogens (tertiary/aromatic N) is 3. The minimum atomic E-state index is 0.436. The zero-order chi connectivity index (χ0) is 14.1. The number of methoxy groups -OCH3 is 1. The number of rotatable bonds is 3. The molecule has 0 fully saturated rings. The summed E-state index contributed by atoms with van der Waals surface area (Å²) in [6.45, 7) is 0. The highest BCUT2D eigenvalue weighted by Gasteiger charge is 2.12. The summed E-state index contributed by atoms with van der Waals surface area (Å²) in [5.41, 5.74) is 7.98. The van der Waals surface area contributed by atoms with E-state index in [-0.39, 0.29) is 0 Å². The Morgan fingerprint density at radius 3 is 2.80 bits per heavy atom. The van der Waals surface area contributed by atoms with E-state index in [1.54, 1.807) is 37.8 Å². The van der Waals surface area contributed by atoms with Gasteiger partial charge in [-0.05, 0) is 18.2 Å². The van der Waals surface area contributed by atoms with Gasteiger partial charge in [0.1, 0.15) is 0 Å². The molecule has 0 unspecified atom stereocenters. The van der Waals surface area contributed by atoms with Crippen LogP contribution in [0.1, 0.15) is 0 Å². The van der Waals surface area contributed by atoms with Crippen molar-refractivity contribution in [3.05, 3.63) is 36.8 Å². The molecule has 0 aliphatic carbocycles. The molecule has 0 aliphatic heterocycles. The van der Waals surface area contributed by atoms with E-state index < -0.39 is 0 Å². The molecule has 6 nitrogen and oxygen atoms in total. The second-order valence-electron chi connectivity index (χ2n) is 4.35. The van der Waals surface area contributed by atoms with Gasteiger partial charge in [-0.1, -0.05) is 0 Å². The lowest BCUT2D eigenvalue weighted by Gasteiger charge is -2.10. The van der Waals surface area contributed by atoms with Gasteiger partial charge in [0.25, 0.3) is 0 Å². The van der Waals surface area contributed by atoms with Gasteiger partial charge in [-0.3, -0.25) is 0 Å². The summed E-state index contributed by atoms with van der Waals surface area (Å²) in [6.07, 6.45) is 3.41. The number of ether oxygens (including phenoxy) is 2. The maximum absolute atomic E-state index is 5.81. The van der Waals surface area contributed by atoms with Gasteiger partial charge in [-0.2, -0.15) is 0 Å². The van der Waals surface area contributed by atoms with Crippen LogP contribution in [0.5, 0.6) is 17.4 Å². The largest absolute Gasteiger partial charge is 0.493 e. The first-order valence-corrected chi connectivity index (χ1v) is 6.06. The predicted molar refractivity (Wildman–Crippen MR) is 76.0 cm³/mol. The average Bonchev–Trinajstić information content (AvgIpc) is 2.84. The van der Waals surface area contributed by atoms with Crippen molar-refractivity contribution >= 4 is 16.7 Å². The third-order valence-electron chi connectivity index (χ3n) is 3.00. The zero-order valence-corrected chi connectivity index (χ0v) is 11.2. The molecule has 0 saturated carbocycles. The van der Waals surface area contributed by atoms with Gasteiger partial charge in [0.2, 0.25) is 5.88 Å². The van der Waals surface area contributed by atoms with Crippen molar-refractivity contribution in [2.75, 3.05) is 12.8 Å². The molecule has 0 atom stereocenters. The van der Waals surface area contributed by atoms with Gasteiger partial charge >= 0.3 is 0 Å². The van der Waals surface area contributed by atoms with Gasteiger partial charge in [0.05, 0.1) is 19.0 Å². The standard InChI is InChI=1S/C14H14N4O2/c1-18-8-17-13-10(18)5-6-16-14(13)20-11-4-3-9(15)7-12(11)19-2/h3-8H,15H2,1-2H3. The van der Waals surface area contributed by atoms with Crippen LogP contribution in [-0.4, -0.2) is 21.6 Å². The van der Waals surface area contributed by atoms with Crippen LogP contribution in [0.3, 0.4) is 0 Å². The fourth-order valence-electron chi connectivity index (χ4n) is 1.99. The molecule has 102 valence electrons. The van der Waals surface area contributed by atoms with Gasteiger partial charge in [0.15, 0.2) is 17.0 Å². The van der Waals surface area contributed by atoms with Crippen LogP contribution in [-0.2, 0) is 7.05 Å². The van der Waals surface area contributed by atoms with Crippen molar-refractivity contribution in [1.29, 1.82) is 0 Å². The summed E-state index contributed by atoms with van der Waals surface area (Å²) < 4.78 is 13.0. The Morgan fingerprint density at radius 2 is 2.00 bits per heavy atom. The van der Waals surface area contributed by atoms with Crippen molar-refractivity contribution in [1.82, 2.24) is 14.5 Å². The Hall–Kier alpha value is -2.76. The highest BCUT2D eigenvalue weighted by atomic mass is 16.5. The molecular weight excluding hydrogens is 256 g/mol. The summed E-state index contributed by atoms with van der Waals surface area (Å²) in [4.78, 5) is 8.53. The van der Waals surface area contributed by atoms with Crippen LogP contribution < -0.4 is 15.2 Å². The Balaban J connectivity index is 2.05. The average molecular weight is 270 g/mol. The molecule has 0 spiro atoms. The number of fused-ring (bicyclic) bond motifs is 1. The maximum Gasteiger partial charge on any atom is 0.247 e. The predicted octanol–water partition coefficient (Wildman–Crippen LogP) is 2.35. The van der Waals surface area contributed by atoms with Crippen LogP contribution in [0.4, 0.5) is 5.69 Å². The lowest BCUT2D eigenvalue weighted by Crippen LogP contribution is -1.95. The highest BCUT2D eigenvalue weighted by Crippen LogP contribution is 2.34. The van der Waals surface area contributed by atoms with E-state index in [0.29, 0.717) is 28.6 Å². The molecule has 0 amide bonds. The number of aryl methyl sites for hydroxylation is 1. The van der Waals surface area contributed by atoms with Crippen molar-refractivity contribution in [2.45, 2.75) is 0 Å². The van der Waals surface area contributed by atoms with Gasteiger partial charge in [0, 0.05) is 25.0 Å². The van der Waals surface area contributed by atoms with E-state index in [9.17, 15) is 0 Å². The maximum atomic E-state index is 5.81. The number of nitrogen functional groups attached to an aromatic ring is 1. The second-order valence-corrected chi connectivity index (χ2v) is 4.35. The molecule has 2 heterocycles. The van der Waals surface area contributed by atoms with Crippen molar-refractivity contribution < 1.29 is 9.47 Å². The van der Waals surface area contributed by atoms with Crippen molar-refractivity contribution in [3.8, 4) is 17.4 Å². The monoisotopic (exact) mass is 270 g/mol. The molecule has 0 aliphatic rings. The lowest BCUT2D eigenvalue weighted by atomic mass is 10.3. The van der Waals surface area contributed by atoms with Gasteiger partial charge in [-0.15, -0.1) is 0 Å². The Bertz CT molecular complexity index is 767. The number of nitrogens with two attached hydrogens (primary N) is 1.